The van der Waals surface area contributed by atoms with Gasteiger partial charge in [-0.3, -0.25) is 4.79 Å². The van der Waals surface area contributed by atoms with Crippen LogP contribution in [0.25, 0.3) is 11.4 Å². The average Bonchev–Trinajstić information content (AvgIpc) is 3.16. The zero-order chi connectivity index (χ0) is 19.2. The molecule has 0 bridgehead atoms. The van der Waals surface area contributed by atoms with Gasteiger partial charge in [0.1, 0.15) is 0 Å². The molecule has 1 saturated heterocycles. The maximum Gasteiger partial charge on any atom is 0.409 e. The van der Waals surface area contributed by atoms with Crippen molar-refractivity contribution in [2.75, 3.05) is 38.5 Å². The van der Waals surface area contributed by atoms with E-state index in [1.807, 2.05) is 31.2 Å². The van der Waals surface area contributed by atoms with E-state index in [4.69, 9.17) is 4.74 Å². The summed E-state index contributed by atoms with van der Waals surface area (Å²) in [5.41, 5.74) is 2.17. The SMILES string of the molecule is CCOC(=O)N1CCN(C(=O)CSc2nc(-c3ccc(C)cc3)ns2)CC1. The van der Waals surface area contributed by atoms with Crippen molar-refractivity contribution in [2.24, 2.45) is 0 Å². The molecule has 0 atom stereocenters. The Morgan fingerprint density at radius 1 is 1.15 bits per heavy atom. The molecule has 0 spiro atoms. The van der Waals surface area contributed by atoms with Gasteiger partial charge in [-0.05, 0) is 25.4 Å². The van der Waals surface area contributed by atoms with Gasteiger partial charge < -0.3 is 14.5 Å². The van der Waals surface area contributed by atoms with Crippen LogP contribution in [0.15, 0.2) is 28.6 Å². The molecule has 1 fully saturated rings. The molecule has 7 nitrogen and oxygen atoms in total. The van der Waals surface area contributed by atoms with Crippen LogP contribution in [-0.2, 0) is 9.53 Å². The second-order valence-electron chi connectivity index (χ2n) is 6.11. The number of aryl methyl sites for hydroxylation is 1. The highest BCUT2D eigenvalue weighted by Gasteiger charge is 2.25. The van der Waals surface area contributed by atoms with Gasteiger partial charge in [0.25, 0.3) is 0 Å². The number of hydrogen-bond donors (Lipinski definition) is 0. The number of rotatable bonds is 5. The van der Waals surface area contributed by atoms with E-state index in [-0.39, 0.29) is 12.0 Å². The van der Waals surface area contributed by atoms with Crippen LogP contribution in [0, 0.1) is 6.92 Å². The van der Waals surface area contributed by atoms with Crippen LogP contribution in [0.4, 0.5) is 4.79 Å². The summed E-state index contributed by atoms with van der Waals surface area (Å²) in [5.74, 6) is 1.07. The van der Waals surface area contributed by atoms with Crippen molar-refractivity contribution >= 4 is 35.3 Å². The minimum absolute atomic E-state index is 0.0515. The van der Waals surface area contributed by atoms with Crippen molar-refractivity contribution in [1.29, 1.82) is 0 Å². The molecule has 2 amide bonds. The number of piperazine rings is 1. The molecule has 0 unspecified atom stereocenters. The topological polar surface area (TPSA) is 75.6 Å². The first-order valence-corrected chi connectivity index (χ1v) is 10.6. The lowest BCUT2D eigenvalue weighted by molar-refractivity contribution is -0.129. The summed E-state index contributed by atoms with van der Waals surface area (Å²) in [6, 6.07) is 8.06. The maximum absolute atomic E-state index is 12.4. The molecule has 0 aliphatic carbocycles. The standard InChI is InChI=1S/C18H22N4O3S2/c1-3-25-18(24)22-10-8-21(9-11-22)15(23)12-26-17-19-16(20-27-17)14-6-4-13(2)5-7-14/h4-7H,3,8-12H2,1-2H3. The van der Waals surface area contributed by atoms with Crippen molar-refractivity contribution in [2.45, 2.75) is 18.2 Å². The van der Waals surface area contributed by atoms with Crippen LogP contribution in [0.3, 0.4) is 0 Å². The number of hydrogen-bond acceptors (Lipinski definition) is 7. The number of aromatic nitrogens is 2. The zero-order valence-corrected chi connectivity index (χ0v) is 17.0. The fourth-order valence-corrected chi connectivity index (χ4v) is 4.17. The first kappa shape index (κ1) is 19.6. The molecule has 0 saturated carbocycles. The Kier molecular flexibility index (Phi) is 6.68. The van der Waals surface area contributed by atoms with Crippen LogP contribution < -0.4 is 0 Å². The molecule has 2 heterocycles. The highest BCUT2D eigenvalue weighted by Crippen LogP contribution is 2.25. The Balaban J connectivity index is 1.47. The molecule has 1 aromatic heterocycles. The first-order chi connectivity index (χ1) is 13.1. The monoisotopic (exact) mass is 406 g/mol. The van der Waals surface area contributed by atoms with E-state index >= 15 is 0 Å². The second-order valence-corrected chi connectivity index (χ2v) is 8.08. The van der Waals surface area contributed by atoms with Crippen LogP contribution in [-0.4, -0.2) is 69.7 Å². The van der Waals surface area contributed by atoms with Crippen molar-refractivity contribution in [3.8, 4) is 11.4 Å². The van der Waals surface area contributed by atoms with Crippen molar-refractivity contribution in [1.82, 2.24) is 19.2 Å². The number of carbonyl (C=O) groups excluding carboxylic acids is 2. The third-order valence-corrected chi connectivity index (χ3v) is 6.01. The largest absolute Gasteiger partial charge is 0.450 e. The molecule has 9 heteroatoms. The third-order valence-electron chi connectivity index (χ3n) is 4.19. The lowest BCUT2D eigenvalue weighted by Crippen LogP contribution is -2.51. The zero-order valence-electron chi connectivity index (χ0n) is 15.4. The highest BCUT2D eigenvalue weighted by molar-refractivity contribution is 8.01. The summed E-state index contributed by atoms with van der Waals surface area (Å²) in [4.78, 5) is 32.1. The normalized spacial score (nSPS) is 14.3. The van der Waals surface area contributed by atoms with Gasteiger partial charge in [-0.1, -0.05) is 41.6 Å². The molecule has 0 N–H and O–H groups in total. The molecule has 1 aromatic carbocycles. The predicted molar refractivity (Wildman–Crippen MR) is 106 cm³/mol. The number of ether oxygens (including phenoxy) is 1. The molecule has 27 heavy (non-hydrogen) atoms. The summed E-state index contributed by atoms with van der Waals surface area (Å²) in [7, 11) is 0. The molecular weight excluding hydrogens is 384 g/mol. The molecule has 1 aliphatic rings. The predicted octanol–water partition coefficient (Wildman–Crippen LogP) is 2.91. The van der Waals surface area contributed by atoms with E-state index in [1.165, 1.54) is 28.9 Å². The van der Waals surface area contributed by atoms with E-state index in [2.05, 4.69) is 9.36 Å². The summed E-state index contributed by atoms with van der Waals surface area (Å²) >= 11 is 2.71. The molecule has 144 valence electrons. The number of benzene rings is 1. The fraction of sp³-hybridized carbons (Fsp3) is 0.444. The lowest BCUT2D eigenvalue weighted by Gasteiger charge is -2.33. The summed E-state index contributed by atoms with van der Waals surface area (Å²) in [6.45, 7) is 6.26. The maximum atomic E-state index is 12.4. The van der Waals surface area contributed by atoms with Gasteiger partial charge >= 0.3 is 6.09 Å². The van der Waals surface area contributed by atoms with E-state index in [0.717, 1.165) is 9.90 Å². The van der Waals surface area contributed by atoms with E-state index in [0.29, 0.717) is 44.4 Å². The van der Waals surface area contributed by atoms with E-state index < -0.39 is 0 Å². The van der Waals surface area contributed by atoms with Crippen molar-refractivity contribution in [3.05, 3.63) is 29.8 Å². The second kappa shape index (κ2) is 9.18. The van der Waals surface area contributed by atoms with Gasteiger partial charge in [-0.25, -0.2) is 9.78 Å². The Hall–Kier alpha value is -2.13. The summed E-state index contributed by atoms with van der Waals surface area (Å²) < 4.78 is 10.2. The quantitative estimate of drug-likeness (QED) is 0.711. The minimum atomic E-state index is -0.309. The minimum Gasteiger partial charge on any atom is -0.450 e. The molecular formula is C18H22N4O3S2. The van der Waals surface area contributed by atoms with Gasteiger partial charge in [-0.15, -0.1) is 0 Å². The Bertz CT molecular complexity index is 786. The highest BCUT2D eigenvalue weighted by atomic mass is 32.2. The lowest BCUT2D eigenvalue weighted by atomic mass is 10.1. The number of thioether (sulfide) groups is 1. The van der Waals surface area contributed by atoms with Gasteiger partial charge in [0.2, 0.25) is 5.91 Å². The van der Waals surface area contributed by atoms with Gasteiger partial charge in [-0.2, -0.15) is 4.37 Å². The van der Waals surface area contributed by atoms with Crippen molar-refractivity contribution < 1.29 is 14.3 Å². The van der Waals surface area contributed by atoms with Crippen molar-refractivity contribution in [3.63, 3.8) is 0 Å². The third kappa shape index (κ3) is 5.20. The van der Waals surface area contributed by atoms with Crippen LogP contribution >= 0.6 is 23.3 Å². The van der Waals surface area contributed by atoms with Gasteiger partial charge in [0.05, 0.1) is 12.4 Å². The van der Waals surface area contributed by atoms with E-state index in [1.54, 1.807) is 16.7 Å². The Labute approximate surface area is 166 Å². The van der Waals surface area contributed by atoms with Gasteiger partial charge in [0.15, 0.2) is 10.2 Å². The molecule has 1 aliphatic heterocycles. The Morgan fingerprint density at radius 2 is 1.81 bits per heavy atom. The first-order valence-electron chi connectivity index (χ1n) is 8.80. The Morgan fingerprint density at radius 3 is 2.48 bits per heavy atom. The van der Waals surface area contributed by atoms with Crippen LogP contribution in [0.5, 0.6) is 0 Å². The molecule has 2 aromatic rings. The number of nitrogens with zero attached hydrogens (tertiary/aromatic N) is 4. The molecule has 0 radical (unpaired) electrons. The van der Waals surface area contributed by atoms with E-state index in [9.17, 15) is 9.59 Å². The number of amides is 2. The van der Waals surface area contributed by atoms with Crippen LogP contribution in [0.2, 0.25) is 0 Å². The fourth-order valence-electron chi connectivity index (χ4n) is 2.66. The molecule has 3 rings (SSSR count). The summed E-state index contributed by atoms with van der Waals surface area (Å²) in [6.07, 6.45) is -0.309. The number of carbonyl (C=O) groups is 2. The average molecular weight is 407 g/mol. The van der Waals surface area contributed by atoms with Gasteiger partial charge in [0, 0.05) is 31.7 Å². The smallest absolute Gasteiger partial charge is 0.409 e. The summed E-state index contributed by atoms with van der Waals surface area (Å²) in [5, 5.41) is 0. The van der Waals surface area contributed by atoms with Crippen LogP contribution in [0.1, 0.15) is 12.5 Å².